The number of nitrogens with one attached hydrogen (secondary N) is 1. The van der Waals surface area contributed by atoms with E-state index < -0.39 is 17.9 Å². The van der Waals surface area contributed by atoms with E-state index in [4.69, 9.17) is 5.73 Å². The summed E-state index contributed by atoms with van der Waals surface area (Å²) < 4.78 is 54.9. The molecule has 0 spiro atoms. The topological polar surface area (TPSA) is 85.3 Å². The first-order chi connectivity index (χ1) is 16.1. The van der Waals surface area contributed by atoms with Crippen LogP contribution in [0.5, 0.6) is 0 Å². The number of imidazole rings is 1. The van der Waals surface area contributed by atoms with E-state index in [-0.39, 0.29) is 61.8 Å². The van der Waals surface area contributed by atoms with Crippen LogP contribution < -0.4 is 11.1 Å². The summed E-state index contributed by atoms with van der Waals surface area (Å²) in [4.78, 5) is 17.2. The predicted octanol–water partition coefficient (Wildman–Crippen LogP) is 4.95. The number of nitrogens with zero attached hydrogens (tertiary/aromatic N) is 3. The quantitative estimate of drug-likeness (QED) is 0.548. The van der Waals surface area contributed by atoms with Gasteiger partial charge in [-0.3, -0.25) is 4.79 Å². The molecule has 3 fully saturated rings. The number of nitrogens with two attached hydrogens (primary N) is 1. The zero-order valence-electron chi connectivity index (χ0n) is 19.0. The van der Waals surface area contributed by atoms with Gasteiger partial charge in [0.2, 0.25) is 17.8 Å². The van der Waals surface area contributed by atoms with Crippen LogP contribution in [0.15, 0.2) is 18.5 Å². The number of alkyl halides is 4. The first kappa shape index (κ1) is 23.5. The summed E-state index contributed by atoms with van der Waals surface area (Å²) >= 11 is 0. The second-order valence-electron chi connectivity index (χ2n) is 10.5. The number of rotatable bonds is 7. The standard InChI is InChI=1S/C24H31F4N5O/c25-23(26)6-4-15(5-7-23)21(29)18-13-33-19(31-18)9-17(12-30-33)22(16-2-1-3-16)32-20(34)8-14-10-24(27,28)11-14/h9,12-16,21-22H,1-8,10-11,29H2,(H,32,34)/t21-,22?/m0/s1. The molecule has 10 heteroatoms. The van der Waals surface area contributed by atoms with E-state index in [9.17, 15) is 22.4 Å². The molecule has 0 radical (unpaired) electrons. The van der Waals surface area contributed by atoms with Crippen LogP contribution >= 0.6 is 0 Å². The van der Waals surface area contributed by atoms with Crippen LogP contribution in [0, 0.1) is 17.8 Å². The molecule has 2 atom stereocenters. The number of hydrogen-bond acceptors (Lipinski definition) is 4. The Morgan fingerprint density at radius 1 is 1.12 bits per heavy atom. The van der Waals surface area contributed by atoms with Gasteiger partial charge in [-0.25, -0.2) is 27.1 Å². The van der Waals surface area contributed by atoms with Gasteiger partial charge in [0, 0.05) is 32.1 Å². The van der Waals surface area contributed by atoms with Gasteiger partial charge in [-0.15, -0.1) is 0 Å². The average molecular weight is 482 g/mol. The molecule has 5 rings (SSSR count). The van der Waals surface area contributed by atoms with Gasteiger partial charge in [0.05, 0.1) is 30.2 Å². The molecule has 2 heterocycles. The zero-order valence-corrected chi connectivity index (χ0v) is 19.0. The minimum absolute atomic E-state index is 0.0510. The van der Waals surface area contributed by atoms with Crippen molar-refractivity contribution in [3.8, 4) is 0 Å². The fraction of sp³-hybridized carbons (Fsp3) is 0.708. The van der Waals surface area contributed by atoms with Crippen molar-refractivity contribution < 1.29 is 22.4 Å². The Kier molecular flexibility index (Phi) is 6.06. The second kappa shape index (κ2) is 8.77. The Bertz CT molecular complexity index is 1040. The minimum Gasteiger partial charge on any atom is -0.349 e. The maximum absolute atomic E-state index is 13.5. The van der Waals surface area contributed by atoms with Crippen molar-refractivity contribution in [2.45, 2.75) is 88.1 Å². The largest absolute Gasteiger partial charge is 0.349 e. The van der Waals surface area contributed by atoms with Crippen molar-refractivity contribution in [2.75, 3.05) is 0 Å². The highest BCUT2D eigenvalue weighted by Crippen LogP contribution is 2.44. The lowest BCUT2D eigenvalue weighted by molar-refractivity contribution is -0.134. The van der Waals surface area contributed by atoms with Crippen LogP contribution in [0.3, 0.4) is 0 Å². The van der Waals surface area contributed by atoms with Crippen LogP contribution in [0.2, 0.25) is 0 Å². The highest BCUT2D eigenvalue weighted by atomic mass is 19.3. The van der Waals surface area contributed by atoms with Crippen molar-refractivity contribution in [2.24, 2.45) is 23.5 Å². The number of hydrogen-bond donors (Lipinski definition) is 2. The second-order valence-corrected chi connectivity index (χ2v) is 10.5. The van der Waals surface area contributed by atoms with Gasteiger partial charge in [0.15, 0.2) is 5.65 Å². The van der Waals surface area contributed by atoms with Gasteiger partial charge in [-0.05, 0) is 55.1 Å². The molecule has 3 aliphatic carbocycles. The molecule has 0 aromatic carbocycles. The highest BCUT2D eigenvalue weighted by molar-refractivity contribution is 5.77. The first-order valence-corrected chi connectivity index (χ1v) is 12.2. The highest BCUT2D eigenvalue weighted by Gasteiger charge is 2.46. The van der Waals surface area contributed by atoms with E-state index in [2.05, 4.69) is 15.4 Å². The maximum atomic E-state index is 13.5. The number of amides is 1. The summed E-state index contributed by atoms with van der Waals surface area (Å²) in [6, 6.07) is 1.19. The van der Waals surface area contributed by atoms with E-state index in [1.807, 2.05) is 6.07 Å². The van der Waals surface area contributed by atoms with Crippen molar-refractivity contribution in [3.05, 3.63) is 29.7 Å². The maximum Gasteiger partial charge on any atom is 0.248 e. The molecule has 3 N–H and O–H groups in total. The number of carbonyl (C=O) groups excluding carboxylic acids is 1. The van der Waals surface area contributed by atoms with Crippen molar-refractivity contribution in [1.29, 1.82) is 0 Å². The third-order valence-corrected chi connectivity index (χ3v) is 7.92. The molecule has 0 bridgehead atoms. The molecule has 6 nitrogen and oxygen atoms in total. The summed E-state index contributed by atoms with van der Waals surface area (Å²) in [6.45, 7) is 0. The molecule has 186 valence electrons. The molecule has 1 amide bonds. The Hall–Kier alpha value is -2.23. The van der Waals surface area contributed by atoms with Gasteiger partial charge in [-0.1, -0.05) is 6.42 Å². The third kappa shape index (κ3) is 4.92. The monoisotopic (exact) mass is 481 g/mol. The van der Waals surface area contributed by atoms with E-state index >= 15 is 0 Å². The number of fused-ring (bicyclic) bond motifs is 1. The lowest BCUT2D eigenvalue weighted by Crippen LogP contribution is -2.41. The Labute approximate surface area is 195 Å². The van der Waals surface area contributed by atoms with Crippen molar-refractivity contribution in [1.82, 2.24) is 19.9 Å². The normalized spacial score (nSPS) is 24.9. The Morgan fingerprint density at radius 3 is 2.44 bits per heavy atom. The van der Waals surface area contributed by atoms with E-state index in [1.165, 1.54) is 0 Å². The molecule has 34 heavy (non-hydrogen) atoms. The van der Waals surface area contributed by atoms with Crippen LogP contribution in [-0.2, 0) is 4.79 Å². The zero-order chi connectivity index (χ0) is 24.1. The molecule has 0 aliphatic heterocycles. The van der Waals surface area contributed by atoms with E-state index in [1.54, 1.807) is 16.9 Å². The number of carbonyl (C=O) groups is 1. The summed E-state index contributed by atoms with van der Waals surface area (Å²) in [6.07, 6.45) is 6.58. The SMILES string of the molecule is N[C@H](c1cn2ncc(C(NC(=O)CC3CC(F)(F)C3)C3CCC3)cc2n1)C1CCC(F)(F)CC1. The van der Waals surface area contributed by atoms with Crippen LogP contribution in [0.1, 0.15) is 87.5 Å². The summed E-state index contributed by atoms with van der Waals surface area (Å²) in [7, 11) is 0. The van der Waals surface area contributed by atoms with Crippen molar-refractivity contribution in [3.63, 3.8) is 0 Å². The van der Waals surface area contributed by atoms with Crippen molar-refractivity contribution >= 4 is 11.6 Å². The molecular formula is C24H31F4N5O. The van der Waals surface area contributed by atoms with Crippen LogP contribution in [0.4, 0.5) is 17.6 Å². The van der Waals surface area contributed by atoms with Gasteiger partial charge >= 0.3 is 0 Å². The first-order valence-electron chi connectivity index (χ1n) is 12.2. The van der Waals surface area contributed by atoms with Gasteiger partial charge in [0.1, 0.15) is 0 Å². The molecule has 1 unspecified atom stereocenters. The Morgan fingerprint density at radius 2 is 1.82 bits per heavy atom. The smallest absolute Gasteiger partial charge is 0.248 e. The molecule has 2 aromatic heterocycles. The minimum atomic E-state index is -2.63. The van der Waals surface area contributed by atoms with Crippen LogP contribution in [0.25, 0.3) is 5.65 Å². The average Bonchev–Trinajstić information content (AvgIpc) is 3.13. The molecular weight excluding hydrogens is 450 g/mol. The van der Waals surface area contributed by atoms with E-state index in [0.717, 1.165) is 24.8 Å². The fourth-order valence-corrected chi connectivity index (χ4v) is 5.57. The summed E-state index contributed by atoms with van der Waals surface area (Å²) in [5.41, 5.74) is 8.42. The van der Waals surface area contributed by atoms with Crippen LogP contribution in [-0.4, -0.2) is 32.4 Å². The van der Waals surface area contributed by atoms with E-state index in [0.29, 0.717) is 24.2 Å². The summed E-state index contributed by atoms with van der Waals surface area (Å²) in [5.74, 6) is -5.50. The molecule has 3 saturated carbocycles. The van der Waals surface area contributed by atoms with Gasteiger partial charge < -0.3 is 11.1 Å². The molecule has 2 aromatic rings. The number of halogens is 4. The third-order valence-electron chi connectivity index (χ3n) is 7.92. The summed E-state index contributed by atoms with van der Waals surface area (Å²) in [5, 5.41) is 7.52. The number of aromatic nitrogens is 3. The predicted molar refractivity (Wildman–Crippen MR) is 117 cm³/mol. The van der Waals surface area contributed by atoms with Gasteiger partial charge in [0.25, 0.3) is 0 Å². The fourth-order valence-electron chi connectivity index (χ4n) is 5.57. The molecule has 3 aliphatic rings. The van der Waals surface area contributed by atoms with Gasteiger partial charge in [-0.2, -0.15) is 5.10 Å². The molecule has 0 saturated heterocycles. The Balaban J connectivity index is 1.29. The lowest BCUT2D eigenvalue weighted by Gasteiger charge is -2.37. The lowest BCUT2D eigenvalue weighted by atomic mass is 9.76.